The van der Waals surface area contributed by atoms with E-state index in [1.54, 1.807) is 0 Å². The van der Waals surface area contributed by atoms with Crippen molar-refractivity contribution in [1.82, 2.24) is 5.32 Å². The summed E-state index contributed by atoms with van der Waals surface area (Å²) in [4.78, 5) is 14.0. The summed E-state index contributed by atoms with van der Waals surface area (Å²) in [6.45, 7) is 1.53. The molecular formula is C31H42ClN5O3. The Bertz CT molecular complexity index is 1190. The van der Waals surface area contributed by atoms with E-state index >= 15 is 0 Å². The maximum atomic E-state index is 11.9. The van der Waals surface area contributed by atoms with Crippen molar-refractivity contribution in [1.29, 1.82) is 0 Å². The molecule has 9 heteroatoms. The zero-order chi connectivity index (χ0) is 28.2. The molecule has 0 spiro atoms. The van der Waals surface area contributed by atoms with Crippen LogP contribution in [0.5, 0.6) is 5.75 Å². The molecule has 0 saturated heterocycles. The minimum absolute atomic E-state index is 0. The molecule has 2 aromatic rings. The van der Waals surface area contributed by atoms with Gasteiger partial charge in [-0.15, -0.1) is 0 Å². The Morgan fingerprint density at radius 3 is 2.02 bits per heavy atom. The molecule has 3 rings (SSSR count). The Morgan fingerprint density at radius 1 is 0.925 bits per heavy atom. The van der Waals surface area contributed by atoms with Crippen LogP contribution in [0.3, 0.4) is 0 Å². The second kappa shape index (κ2) is 16.6. The first-order chi connectivity index (χ1) is 18.8. The molecule has 0 fully saturated rings. The normalized spacial score (nSPS) is 12.3. The zero-order valence-electron chi connectivity index (χ0n) is 23.9. The summed E-state index contributed by atoms with van der Waals surface area (Å²) in [5.41, 5.74) is 17.9. The molecule has 0 aromatic heterocycles. The molecule has 0 heterocycles. The molecule has 1 aliphatic rings. The topological polar surface area (TPSA) is 106 Å². The van der Waals surface area contributed by atoms with E-state index in [0.29, 0.717) is 32.7 Å². The maximum Gasteiger partial charge on any atom is 0.246 e. The number of carbonyl (C=O) groups is 1. The zero-order valence-corrected chi connectivity index (χ0v) is 24.7. The third-order valence-corrected chi connectivity index (χ3v) is 6.38. The van der Waals surface area contributed by atoms with Gasteiger partial charge >= 0.3 is 0 Å². The van der Waals surface area contributed by atoms with Crippen LogP contribution in [0.25, 0.3) is 5.57 Å². The van der Waals surface area contributed by atoms with Crippen molar-refractivity contribution < 1.29 is 31.3 Å². The first kappa shape index (κ1) is 32.8. The predicted molar refractivity (Wildman–Crippen MR) is 160 cm³/mol. The van der Waals surface area contributed by atoms with Crippen LogP contribution >= 0.6 is 0 Å². The van der Waals surface area contributed by atoms with E-state index in [2.05, 4.69) is 75.5 Å². The minimum atomic E-state index is -0.297. The highest BCUT2D eigenvalue weighted by Crippen LogP contribution is 2.31. The van der Waals surface area contributed by atoms with Crippen molar-refractivity contribution in [2.75, 3.05) is 65.9 Å². The predicted octanol–water partition coefficient (Wildman–Crippen LogP) is -0.415. The number of amides is 1. The lowest BCUT2D eigenvalue weighted by Gasteiger charge is -2.17. The molecule has 1 amide bonds. The molecule has 2 aromatic carbocycles. The Hall–Kier alpha value is -3.43. The molecule has 0 atom stereocenters. The molecule has 0 unspecified atom stereocenters. The fourth-order valence-electron chi connectivity index (χ4n) is 4.04. The van der Waals surface area contributed by atoms with Gasteiger partial charge in [0.15, 0.2) is 5.71 Å². The first-order valence-electron chi connectivity index (χ1n) is 13.3. The van der Waals surface area contributed by atoms with Crippen LogP contribution in [0, 0.1) is 0 Å². The number of halogens is 1. The maximum absolute atomic E-state index is 11.9. The van der Waals surface area contributed by atoms with Crippen LogP contribution in [0.2, 0.25) is 0 Å². The van der Waals surface area contributed by atoms with Gasteiger partial charge in [0, 0.05) is 51.6 Å². The van der Waals surface area contributed by atoms with E-state index in [9.17, 15) is 4.79 Å². The molecule has 216 valence electrons. The number of rotatable bonds is 13. The number of anilines is 1. The van der Waals surface area contributed by atoms with Crippen molar-refractivity contribution in [3.63, 3.8) is 0 Å². The average molecular weight is 568 g/mol. The van der Waals surface area contributed by atoms with Crippen molar-refractivity contribution in [2.24, 2.45) is 11.5 Å². The second-order valence-corrected chi connectivity index (χ2v) is 9.74. The van der Waals surface area contributed by atoms with Crippen LogP contribution in [-0.2, 0) is 9.53 Å². The Morgan fingerprint density at radius 2 is 1.50 bits per heavy atom. The monoisotopic (exact) mass is 567 g/mol. The van der Waals surface area contributed by atoms with Crippen LogP contribution in [0.15, 0.2) is 78.4 Å². The van der Waals surface area contributed by atoms with Gasteiger partial charge in [-0.2, -0.15) is 0 Å². The highest BCUT2D eigenvalue weighted by atomic mass is 35.5. The standard InChI is InChI=1S/C31H41N5O3.ClH/c1-35(2)26-12-6-23(7-13-26)31(24-8-14-27(15-9-24)36(3)4)25-10-16-28(17-11-25)38-19-5-18-34-30(37)22-39-29(20-32)21-33;/h6-17,29H,5,18-22,32-33H2,1-4H3;1H. The van der Waals surface area contributed by atoms with E-state index in [0.717, 1.165) is 39.4 Å². The van der Waals surface area contributed by atoms with E-state index in [1.807, 2.05) is 40.3 Å². The number of benzene rings is 2. The second-order valence-electron chi connectivity index (χ2n) is 9.74. The van der Waals surface area contributed by atoms with Crippen LogP contribution in [0.4, 0.5) is 5.69 Å². The number of nitrogens with one attached hydrogen (secondary N) is 1. The molecular weight excluding hydrogens is 526 g/mol. The molecule has 1 aliphatic carbocycles. The Labute approximate surface area is 244 Å². The molecule has 5 N–H and O–H groups in total. The van der Waals surface area contributed by atoms with Gasteiger partial charge in [-0.05, 0) is 65.1 Å². The largest absolute Gasteiger partial charge is 1.00 e. The van der Waals surface area contributed by atoms with Gasteiger partial charge in [-0.3, -0.25) is 4.79 Å². The lowest BCUT2D eigenvalue weighted by molar-refractivity contribution is -0.462. The van der Waals surface area contributed by atoms with Gasteiger partial charge in [0.1, 0.15) is 26.5 Å². The summed E-state index contributed by atoms with van der Waals surface area (Å²) < 4.78 is 13.4. The summed E-state index contributed by atoms with van der Waals surface area (Å²) in [5, 5.41) is 2.82. The summed E-state index contributed by atoms with van der Waals surface area (Å²) in [5.74, 6) is 0.596. The number of allylic oxidation sites excluding steroid dienone is 5. The van der Waals surface area contributed by atoms with Gasteiger partial charge in [-0.1, -0.05) is 24.3 Å². The molecule has 0 bridgehead atoms. The van der Waals surface area contributed by atoms with Crippen molar-refractivity contribution in [3.05, 3.63) is 89.5 Å². The summed E-state index contributed by atoms with van der Waals surface area (Å²) in [6.07, 6.45) is 9.00. The average Bonchev–Trinajstić information content (AvgIpc) is 2.95. The van der Waals surface area contributed by atoms with Gasteiger partial charge in [0.25, 0.3) is 0 Å². The van der Waals surface area contributed by atoms with Crippen LogP contribution in [-0.4, -0.2) is 83.3 Å². The highest BCUT2D eigenvalue weighted by Gasteiger charge is 2.14. The first-order valence-corrected chi connectivity index (χ1v) is 13.3. The third-order valence-electron chi connectivity index (χ3n) is 6.38. The molecule has 40 heavy (non-hydrogen) atoms. The minimum Gasteiger partial charge on any atom is -1.00 e. The van der Waals surface area contributed by atoms with Crippen LogP contribution in [0.1, 0.15) is 17.5 Å². The molecule has 0 aliphatic heterocycles. The van der Waals surface area contributed by atoms with E-state index in [4.69, 9.17) is 20.9 Å². The number of hydrogen-bond donors (Lipinski definition) is 3. The number of nitrogens with zero attached hydrogens (tertiary/aromatic N) is 2. The summed E-state index contributed by atoms with van der Waals surface area (Å²) >= 11 is 0. The summed E-state index contributed by atoms with van der Waals surface area (Å²) in [6, 6.07) is 16.8. The Balaban J connectivity index is 0.00000560. The van der Waals surface area contributed by atoms with E-state index in [1.165, 1.54) is 0 Å². The lowest BCUT2D eigenvalue weighted by Crippen LogP contribution is -3.00. The Kier molecular flexibility index (Phi) is 13.6. The van der Waals surface area contributed by atoms with E-state index < -0.39 is 0 Å². The third kappa shape index (κ3) is 9.64. The highest BCUT2D eigenvalue weighted by molar-refractivity contribution is 6.04. The number of carbonyl (C=O) groups excluding carboxylic acids is 1. The number of nitrogens with two attached hydrogens (primary N) is 2. The van der Waals surface area contributed by atoms with Crippen molar-refractivity contribution in [3.8, 4) is 5.75 Å². The number of ether oxygens (including phenoxy) is 2. The number of hydrogen-bond acceptors (Lipinski definition) is 6. The van der Waals surface area contributed by atoms with Gasteiger partial charge in [0.2, 0.25) is 5.91 Å². The van der Waals surface area contributed by atoms with Crippen molar-refractivity contribution >= 4 is 22.9 Å². The fraction of sp³-hybridized carbons (Fsp3) is 0.355. The van der Waals surface area contributed by atoms with Crippen LogP contribution < -0.4 is 38.8 Å². The molecule has 0 radical (unpaired) electrons. The smallest absolute Gasteiger partial charge is 0.246 e. The van der Waals surface area contributed by atoms with Gasteiger partial charge < -0.3 is 43.6 Å². The fourth-order valence-corrected chi connectivity index (χ4v) is 4.04. The lowest BCUT2D eigenvalue weighted by atomic mass is 9.90. The SMILES string of the molecule is CN(C)c1ccc(C(=C2C=CC(=[N+](C)C)C=C2)c2ccc(OCCCNC(=O)COC(CN)CN)cc2)cc1.[Cl-]. The van der Waals surface area contributed by atoms with Crippen molar-refractivity contribution in [2.45, 2.75) is 12.5 Å². The quantitative estimate of drug-likeness (QED) is 0.224. The molecule has 8 nitrogen and oxygen atoms in total. The van der Waals surface area contributed by atoms with E-state index in [-0.39, 0.29) is 31.0 Å². The summed E-state index contributed by atoms with van der Waals surface area (Å²) in [7, 11) is 8.17. The van der Waals surface area contributed by atoms with Gasteiger partial charge in [0.05, 0.1) is 12.7 Å². The molecule has 0 saturated carbocycles. The van der Waals surface area contributed by atoms with Gasteiger partial charge in [-0.25, -0.2) is 4.58 Å².